The van der Waals surface area contributed by atoms with Crippen molar-refractivity contribution >= 4 is 15.9 Å². The molecule has 1 amide bonds. The summed E-state index contributed by atoms with van der Waals surface area (Å²) < 4.78 is 37.4. The molecule has 8 nitrogen and oxygen atoms in total. The molecule has 1 N–H and O–H groups in total. The van der Waals surface area contributed by atoms with Gasteiger partial charge in [-0.25, -0.2) is 8.42 Å². The third-order valence-corrected chi connectivity index (χ3v) is 5.98. The molecule has 134 valence electrons. The van der Waals surface area contributed by atoms with Gasteiger partial charge in [0.1, 0.15) is 0 Å². The van der Waals surface area contributed by atoms with Crippen molar-refractivity contribution in [2.75, 3.05) is 13.1 Å². The monoisotopic (exact) mass is 365 g/mol. The Morgan fingerprint density at radius 3 is 2.84 bits per heavy atom. The van der Waals surface area contributed by atoms with Crippen molar-refractivity contribution in [3.05, 3.63) is 37.1 Å². The standard InChI is InChI=1S/C16H19N3O5S/c1-3-15(20)18-12-7-9-19(10-11(12)2)25(21,22)16-5-4-13(23-16)14-6-8-17-24-14/h3-6,8,11-12H,1,7,9-10H2,2H3,(H,18,20). The van der Waals surface area contributed by atoms with E-state index in [9.17, 15) is 13.2 Å². The van der Waals surface area contributed by atoms with Crippen LogP contribution in [0.25, 0.3) is 11.5 Å². The Hall–Kier alpha value is -2.39. The van der Waals surface area contributed by atoms with Crippen LogP contribution in [0.15, 0.2) is 51.1 Å². The third kappa shape index (κ3) is 3.52. The molecule has 0 aromatic carbocycles. The number of furan rings is 1. The van der Waals surface area contributed by atoms with Gasteiger partial charge in [0, 0.05) is 25.2 Å². The lowest BCUT2D eigenvalue weighted by atomic mass is 9.95. The molecule has 1 aliphatic rings. The van der Waals surface area contributed by atoms with Crippen LogP contribution in [0, 0.1) is 5.92 Å². The first kappa shape index (κ1) is 17.4. The Morgan fingerprint density at radius 2 is 2.20 bits per heavy atom. The van der Waals surface area contributed by atoms with Crippen molar-refractivity contribution in [1.29, 1.82) is 0 Å². The first-order chi connectivity index (χ1) is 11.9. The van der Waals surface area contributed by atoms with Crippen molar-refractivity contribution in [1.82, 2.24) is 14.8 Å². The molecule has 2 unspecified atom stereocenters. The maximum Gasteiger partial charge on any atom is 0.276 e. The van der Waals surface area contributed by atoms with E-state index in [4.69, 9.17) is 8.94 Å². The zero-order chi connectivity index (χ0) is 18.0. The lowest BCUT2D eigenvalue weighted by Gasteiger charge is -2.35. The molecule has 1 aliphatic heterocycles. The molecule has 9 heteroatoms. The van der Waals surface area contributed by atoms with Gasteiger partial charge in [0.15, 0.2) is 5.76 Å². The Morgan fingerprint density at radius 1 is 1.40 bits per heavy atom. The summed E-state index contributed by atoms with van der Waals surface area (Å²) in [6.45, 7) is 5.92. The van der Waals surface area contributed by atoms with Crippen LogP contribution in [-0.4, -0.2) is 42.9 Å². The highest BCUT2D eigenvalue weighted by Gasteiger charge is 2.35. The minimum atomic E-state index is -3.75. The fraction of sp³-hybridized carbons (Fsp3) is 0.375. The molecule has 2 aromatic heterocycles. The fourth-order valence-corrected chi connectivity index (χ4v) is 4.31. The highest BCUT2D eigenvalue weighted by Crippen LogP contribution is 2.28. The largest absolute Gasteiger partial charge is 0.440 e. The van der Waals surface area contributed by atoms with Crippen molar-refractivity contribution in [2.45, 2.75) is 24.5 Å². The summed E-state index contributed by atoms with van der Waals surface area (Å²) in [5.74, 6) is 0.380. The summed E-state index contributed by atoms with van der Waals surface area (Å²) >= 11 is 0. The number of carbonyl (C=O) groups excluding carboxylic acids is 1. The lowest BCUT2D eigenvalue weighted by Crippen LogP contribution is -2.51. The van der Waals surface area contributed by atoms with Gasteiger partial charge in [0.2, 0.25) is 16.8 Å². The number of carbonyl (C=O) groups is 1. The summed E-state index contributed by atoms with van der Waals surface area (Å²) in [6, 6.07) is 4.45. The first-order valence-electron chi connectivity index (χ1n) is 7.86. The van der Waals surface area contributed by atoms with Crippen LogP contribution in [0.2, 0.25) is 0 Å². The van der Waals surface area contributed by atoms with E-state index in [0.29, 0.717) is 31.0 Å². The maximum absolute atomic E-state index is 12.8. The van der Waals surface area contributed by atoms with Gasteiger partial charge in [-0.05, 0) is 30.5 Å². The van der Waals surface area contributed by atoms with Crippen LogP contribution in [0.5, 0.6) is 0 Å². The minimum absolute atomic E-state index is 0.0314. The van der Waals surface area contributed by atoms with E-state index in [0.717, 1.165) is 0 Å². The quantitative estimate of drug-likeness (QED) is 0.808. The smallest absolute Gasteiger partial charge is 0.276 e. The number of piperidine rings is 1. The molecule has 3 rings (SSSR count). The van der Waals surface area contributed by atoms with Crippen LogP contribution in [0.1, 0.15) is 13.3 Å². The van der Waals surface area contributed by atoms with Crippen molar-refractivity contribution in [3.63, 3.8) is 0 Å². The molecule has 25 heavy (non-hydrogen) atoms. The minimum Gasteiger partial charge on any atom is -0.440 e. The number of hydrogen-bond donors (Lipinski definition) is 1. The number of nitrogens with one attached hydrogen (secondary N) is 1. The Labute approximate surface area is 145 Å². The predicted molar refractivity (Wildman–Crippen MR) is 88.9 cm³/mol. The van der Waals surface area contributed by atoms with Crippen LogP contribution in [0.4, 0.5) is 0 Å². The van der Waals surface area contributed by atoms with Gasteiger partial charge < -0.3 is 14.3 Å². The fourth-order valence-electron chi connectivity index (χ4n) is 2.84. The number of aromatic nitrogens is 1. The number of sulfonamides is 1. The molecular weight excluding hydrogens is 346 g/mol. The number of amides is 1. The van der Waals surface area contributed by atoms with E-state index >= 15 is 0 Å². The molecule has 0 saturated carbocycles. The van der Waals surface area contributed by atoms with Gasteiger partial charge in [-0.1, -0.05) is 18.7 Å². The molecule has 0 radical (unpaired) electrons. The van der Waals surface area contributed by atoms with Crippen molar-refractivity contribution in [2.24, 2.45) is 5.92 Å². The number of nitrogens with zero attached hydrogens (tertiary/aromatic N) is 2. The Bertz CT molecular complexity index is 856. The molecule has 2 aromatic rings. The maximum atomic E-state index is 12.8. The normalized spacial score (nSPS) is 21.8. The van der Waals surface area contributed by atoms with Crippen LogP contribution in [-0.2, 0) is 14.8 Å². The average molecular weight is 365 g/mol. The Balaban J connectivity index is 1.73. The van der Waals surface area contributed by atoms with E-state index in [1.165, 1.54) is 28.7 Å². The molecule has 0 bridgehead atoms. The second-order valence-electron chi connectivity index (χ2n) is 5.94. The molecule has 3 heterocycles. The molecule has 1 fully saturated rings. The van der Waals surface area contributed by atoms with E-state index in [1.807, 2.05) is 6.92 Å². The summed E-state index contributed by atoms with van der Waals surface area (Å²) in [7, 11) is -3.75. The Kier molecular flexibility index (Phi) is 4.78. The predicted octanol–water partition coefficient (Wildman–Crippen LogP) is 1.64. The second kappa shape index (κ2) is 6.85. The molecule has 2 atom stereocenters. The number of rotatable bonds is 5. The van der Waals surface area contributed by atoms with Gasteiger partial charge in [-0.2, -0.15) is 4.31 Å². The second-order valence-corrected chi connectivity index (χ2v) is 7.81. The van der Waals surface area contributed by atoms with E-state index in [1.54, 1.807) is 6.07 Å². The van der Waals surface area contributed by atoms with Crippen LogP contribution >= 0.6 is 0 Å². The summed E-state index contributed by atoms with van der Waals surface area (Å²) in [5, 5.41) is 6.26. The lowest BCUT2D eigenvalue weighted by molar-refractivity contribution is -0.117. The topological polar surface area (TPSA) is 106 Å². The average Bonchev–Trinajstić information content (AvgIpc) is 3.27. The van der Waals surface area contributed by atoms with Gasteiger partial charge in [-0.15, -0.1) is 0 Å². The van der Waals surface area contributed by atoms with Gasteiger partial charge >= 0.3 is 0 Å². The van der Waals surface area contributed by atoms with Gasteiger partial charge in [0.25, 0.3) is 10.0 Å². The van der Waals surface area contributed by atoms with E-state index in [-0.39, 0.29) is 23.0 Å². The van der Waals surface area contributed by atoms with Gasteiger partial charge in [0.05, 0.1) is 6.20 Å². The highest BCUT2D eigenvalue weighted by atomic mass is 32.2. The molecule has 0 aliphatic carbocycles. The molecular formula is C16H19N3O5S. The SMILES string of the molecule is C=CC(=O)NC1CCN(S(=O)(=O)c2ccc(-c3ccno3)o2)CC1C. The van der Waals surface area contributed by atoms with E-state index < -0.39 is 10.0 Å². The van der Waals surface area contributed by atoms with Crippen LogP contribution in [0.3, 0.4) is 0 Å². The van der Waals surface area contributed by atoms with Crippen molar-refractivity contribution in [3.8, 4) is 11.5 Å². The highest BCUT2D eigenvalue weighted by molar-refractivity contribution is 7.89. The zero-order valence-corrected chi connectivity index (χ0v) is 14.5. The first-order valence-corrected chi connectivity index (χ1v) is 9.30. The zero-order valence-electron chi connectivity index (χ0n) is 13.7. The summed E-state index contributed by atoms with van der Waals surface area (Å²) in [5.41, 5.74) is 0. The van der Waals surface area contributed by atoms with Gasteiger partial charge in [-0.3, -0.25) is 4.79 Å². The third-order valence-electron chi connectivity index (χ3n) is 4.24. The summed E-state index contributed by atoms with van der Waals surface area (Å²) in [4.78, 5) is 11.5. The number of hydrogen-bond acceptors (Lipinski definition) is 6. The molecule has 0 spiro atoms. The summed E-state index contributed by atoms with van der Waals surface area (Å²) in [6.07, 6.45) is 3.19. The van der Waals surface area contributed by atoms with Crippen molar-refractivity contribution < 1.29 is 22.2 Å². The van der Waals surface area contributed by atoms with Crippen LogP contribution < -0.4 is 5.32 Å². The molecule has 1 saturated heterocycles. The van der Waals surface area contributed by atoms with E-state index in [2.05, 4.69) is 17.1 Å².